The van der Waals surface area contributed by atoms with Gasteiger partial charge in [-0.25, -0.2) is 0 Å². The quantitative estimate of drug-likeness (QED) is 0.804. The summed E-state index contributed by atoms with van der Waals surface area (Å²) < 4.78 is 0. The van der Waals surface area contributed by atoms with Crippen LogP contribution < -0.4 is 4.90 Å². The minimum Gasteiger partial charge on any atom is -0.315 e. The van der Waals surface area contributed by atoms with E-state index in [4.69, 9.17) is 23.2 Å². The molecule has 0 bridgehead atoms. The van der Waals surface area contributed by atoms with Crippen LogP contribution in [0, 0.1) is 5.92 Å². The van der Waals surface area contributed by atoms with E-state index >= 15 is 0 Å². The van der Waals surface area contributed by atoms with Gasteiger partial charge in [0.25, 0.3) is 0 Å². The second-order valence-corrected chi connectivity index (χ2v) is 4.62. The Morgan fingerprint density at radius 3 is 2.50 bits per heavy atom. The maximum atomic E-state index is 11.9. The van der Waals surface area contributed by atoms with Crippen LogP contribution in [-0.2, 0) is 4.79 Å². The Kier molecular flexibility index (Phi) is 4.63. The summed E-state index contributed by atoms with van der Waals surface area (Å²) in [5.41, 5.74) is 0.764. The van der Waals surface area contributed by atoms with Gasteiger partial charge in [0.15, 0.2) is 0 Å². The van der Waals surface area contributed by atoms with Crippen molar-refractivity contribution in [2.75, 3.05) is 11.9 Å². The number of carbonyl (C=O) groups excluding carboxylic acids is 1. The number of carbonyl (C=O) groups is 1. The molecule has 1 aromatic rings. The molecule has 1 amide bonds. The number of rotatable bonds is 3. The third-order valence-corrected chi connectivity index (χ3v) is 3.39. The number of anilines is 1. The van der Waals surface area contributed by atoms with Crippen LogP contribution in [-0.4, -0.2) is 13.0 Å². The molecular weight excluding hydrogens is 245 g/mol. The standard InChI is InChI=1S/C12H15Cl2NO/c1-4-8(2)12(16)15(3)9-5-6-10(13)11(14)7-9/h5-8H,4H2,1-3H3. The van der Waals surface area contributed by atoms with E-state index in [1.165, 1.54) is 0 Å². The van der Waals surface area contributed by atoms with Crippen LogP contribution in [0.5, 0.6) is 0 Å². The molecule has 0 saturated carbocycles. The SMILES string of the molecule is CCC(C)C(=O)N(C)c1ccc(Cl)c(Cl)c1. The smallest absolute Gasteiger partial charge is 0.229 e. The molecule has 2 nitrogen and oxygen atoms in total. The first kappa shape index (κ1) is 13.3. The maximum absolute atomic E-state index is 11.9. The zero-order chi connectivity index (χ0) is 12.3. The molecule has 0 saturated heterocycles. The predicted octanol–water partition coefficient (Wildman–Crippen LogP) is 4.00. The molecule has 0 aliphatic rings. The number of hydrogen-bond acceptors (Lipinski definition) is 1. The van der Waals surface area contributed by atoms with E-state index in [1.807, 2.05) is 13.8 Å². The van der Waals surface area contributed by atoms with Crippen LogP contribution in [0.1, 0.15) is 20.3 Å². The van der Waals surface area contributed by atoms with Gasteiger partial charge in [0.05, 0.1) is 10.0 Å². The molecule has 0 aliphatic heterocycles. The molecular formula is C12H15Cl2NO. The van der Waals surface area contributed by atoms with Crippen molar-refractivity contribution in [3.05, 3.63) is 28.2 Å². The fraction of sp³-hybridized carbons (Fsp3) is 0.417. The zero-order valence-electron chi connectivity index (χ0n) is 9.63. The topological polar surface area (TPSA) is 20.3 Å². The Bertz CT molecular complexity index is 393. The van der Waals surface area contributed by atoms with Crippen molar-refractivity contribution >= 4 is 34.8 Å². The van der Waals surface area contributed by atoms with E-state index in [-0.39, 0.29) is 11.8 Å². The van der Waals surface area contributed by atoms with E-state index in [0.717, 1.165) is 12.1 Å². The minimum absolute atomic E-state index is 0.0134. The molecule has 1 rings (SSSR count). The van der Waals surface area contributed by atoms with Crippen molar-refractivity contribution < 1.29 is 4.79 Å². The highest BCUT2D eigenvalue weighted by molar-refractivity contribution is 6.42. The monoisotopic (exact) mass is 259 g/mol. The van der Waals surface area contributed by atoms with Crippen molar-refractivity contribution in [3.8, 4) is 0 Å². The van der Waals surface area contributed by atoms with E-state index < -0.39 is 0 Å². The van der Waals surface area contributed by atoms with Crippen molar-refractivity contribution in [1.82, 2.24) is 0 Å². The molecule has 4 heteroatoms. The average molecular weight is 260 g/mol. The van der Waals surface area contributed by atoms with Crippen LogP contribution in [0.15, 0.2) is 18.2 Å². The molecule has 0 radical (unpaired) electrons. The highest BCUT2D eigenvalue weighted by atomic mass is 35.5. The van der Waals surface area contributed by atoms with Crippen molar-refractivity contribution in [2.24, 2.45) is 5.92 Å². The summed E-state index contributed by atoms with van der Waals surface area (Å²) in [5, 5.41) is 0.956. The Labute approximate surface area is 106 Å². The fourth-order valence-corrected chi connectivity index (χ4v) is 1.62. The summed E-state index contributed by atoms with van der Waals surface area (Å²) in [5.74, 6) is 0.0975. The van der Waals surface area contributed by atoms with Gasteiger partial charge < -0.3 is 4.90 Å². The fourth-order valence-electron chi connectivity index (χ4n) is 1.33. The van der Waals surface area contributed by atoms with E-state index in [1.54, 1.807) is 30.1 Å². The largest absolute Gasteiger partial charge is 0.315 e. The van der Waals surface area contributed by atoms with Crippen LogP contribution in [0.4, 0.5) is 5.69 Å². The molecule has 1 atom stereocenters. The predicted molar refractivity (Wildman–Crippen MR) is 69.3 cm³/mol. The maximum Gasteiger partial charge on any atom is 0.229 e. The Morgan fingerprint density at radius 2 is 2.00 bits per heavy atom. The summed E-state index contributed by atoms with van der Waals surface area (Å²) in [4.78, 5) is 13.5. The Morgan fingerprint density at radius 1 is 1.38 bits per heavy atom. The van der Waals surface area contributed by atoms with Crippen molar-refractivity contribution in [2.45, 2.75) is 20.3 Å². The molecule has 0 aliphatic carbocycles. The molecule has 0 spiro atoms. The Hall–Kier alpha value is -0.730. The first-order valence-corrected chi connectivity index (χ1v) is 5.95. The first-order chi connectivity index (χ1) is 7.47. The molecule has 0 fully saturated rings. The van der Waals surface area contributed by atoms with Gasteiger partial charge in [-0.2, -0.15) is 0 Å². The lowest BCUT2D eigenvalue weighted by atomic mass is 10.1. The minimum atomic E-state index is 0.0134. The number of hydrogen-bond donors (Lipinski definition) is 0. The molecule has 16 heavy (non-hydrogen) atoms. The third kappa shape index (κ3) is 2.89. The van der Waals surface area contributed by atoms with Crippen molar-refractivity contribution in [1.29, 1.82) is 0 Å². The second-order valence-electron chi connectivity index (χ2n) is 3.80. The van der Waals surface area contributed by atoms with Gasteiger partial charge in [0, 0.05) is 18.7 Å². The lowest BCUT2D eigenvalue weighted by Crippen LogP contribution is -2.31. The van der Waals surface area contributed by atoms with Crippen LogP contribution in [0.2, 0.25) is 10.0 Å². The summed E-state index contributed by atoms with van der Waals surface area (Å²) in [6.45, 7) is 3.90. The third-order valence-electron chi connectivity index (χ3n) is 2.66. The first-order valence-electron chi connectivity index (χ1n) is 5.20. The summed E-state index contributed by atoms with van der Waals surface area (Å²) in [7, 11) is 1.74. The average Bonchev–Trinajstić information content (AvgIpc) is 2.29. The number of nitrogens with zero attached hydrogens (tertiary/aromatic N) is 1. The zero-order valence-corrected chi connectivity index (χ0v) is 11.1. The molecule has 0 aromatic heterocycles. The summed E-state index contributed by atoms with van der Waals surface area (Å²) in [6, 6.07) is 5.18. The number of benzene rings is 1. The van der Waals surface area contributed by atoms with Crippen LogP contribution in [0.3, 0.4) is 0 Å². The second kappa shape index (κ2) is 5.55. The van der Waals surface area contributed by atoms with Gasteiger partial charge in [0.2, 0.25) is 5.91 Å². The van der Waals surface area contributed by atoms with Gasteiger partial charge in [-0.15, -0.1) is 0 Å². The summed E-state index contributed by atoms with van der Waals surface area (Å²) in [6.07, 6.45) is 0.824. The highest BCUT2D eigenvalue weighted by Gasteiger charge is 2.17. The normalized spacial score (nSPS) is 12.3. The van der Waals surface area contributed by atoms with Gasteiger partial charge >= 0.3 is 0 Å². The molecule has 1 aromatic carbocycles. The van der Waals surface area contributed by atoms with Gasteiger partial charge in [-0.1, -0.05) is 37.0 Å². The molecule has 0 N–H and O–H groups in total. The van der Waals surface area contributed by atoms with Crippen LogP contribution >= 0.6 is 23.2 Å². The highest BCUT2D eigenvalue weighted by Crippen LogP contribution is 2.27. The van der Waals surface area contributed by atoms with Gasteiger partial charge in [-0.05, 0) is 24.6 Å². The van der Waals surface area contributed by atoms with Crippen molar-refractivity contribution in [3.63, 3.8) is 0 Å². The van der Waals surface area contributed by atoms with Gasteiger partial charge in [-0.3, -0.25) is 4.79 Å². The van der Waals surface area contributed by atoms with Gasteiger partial charge in [0.1, 0.15) is 0 Å². The number of amides is 1. The number of halogens is 2. The molecule has 0 heterocycles. The van der Waals surface area contributed by atoms with E-state index in [9.17, 15) is 4.79 Å². The van der Waals surface area contributed by atoms with E-state index in [2.05, 4.69) is 0 Å². The molecule has 1 unspecified atom stereocenters. The van der Waals surface area contributed by atoms with Crippen LogP contribution in [0.25, 0.3) is 0 Å². The summed E-state index contributed by atoms with van der Waals surface area (Å²) >= 11 is 11.7. The van der Waals surface area contributed by atoms with E-state index in [0.29, 0.717) is 10.0 Å². The lowest BCUT2D eigenvalue weighted by Gasteiger charge is -2.21. The molecule has 88 valence electrons. The Balaban J connectivity index is 2.92. The lowest BCUT2D eigenvalue weighted by molar-refractivity contribution is -0.121.